The third kappa shape index (κ3) is 2.18. The van der Waals surface area contributed by atoms with Crippen LogP contribution in [0.25, 0.3) is 0 Å². The molecule has 3 heteroatoms. The number of carbonyl (C=O) groups is 1. The van der Waals surface area contributed by atoms with Gasteiger partial charge < -0.3 is 10.8 Å². The van der Waals surface area contributed by atoms with Gasteiger partial charge in [-0.3, -0.25) is 0 Å². The molecule has 0 fully saturated rings. The van der Waals surface area contributed by atoms with Gasteiger partial charge in [-0.2, -0.15) is 0 Å². The topological polar surface area (TPSA) is 63.3 Å². The van der Waals surface area contributed by atoms with Gasteiger partial charge in [0, 0.05) is 5.69 Å². The van der Waals surface area contributed by atoms with E-state index >= 15 is 0 Å². The lowest BCUT2D eigenvalue weighted by Crippen LogP contribution is -2.19. The number of rotatable bonds is 2. The first-order valence-electron chi connectivity index (χ1n) is 5.44. The maximum atomic E-state index is 11.1. The predicted octanol–water partition coefficient (Wildman–Crippen LogP) is 2.83. The van der Waals surface area contributed by atoms with Crippen molar-refractivity contribution in [1.82, 2.24) is 0 Å². The van der Waals surface area contributed by atoms with E-state index in [1.54, 1.807) is 12.1 Å². The average molecular weight is 221 g/mol. The highest BCUT2D eigenvalue weighted by molar-refractivity contribution is 5.91. The largest absolute Gasteiger partial charge is 0.478 e. The summed E-state index contributed by atoms with van der Waals surface area (Å²) in [5.74, 6) is -0.887. The Morgan fingerprint density at radius 3 is 2.31 bits per heavy atom. The van der Waals surface area contributed by atoms with E-state index in [1.807, 2.05) is 27.7 Å². The number of aromatic carboxylic acids is 1. The number of carboxylic acid groups (broad SMARTS) is 1. The van der Waals surface area contributed by atoms with Gasteiger partial charge >= 0.3 is 5.97 Å². The van der Waals surface area contributed by atoms with Crippen molar-refractivity contribution in [2.45, 2.75) is 39.5 Å². The van der Waals surface area contributed by atoms with Crippen molar-refractivity contribution in [3.05, 3.63) is 28.8 Å². The SMILES string of the molecule is CCc1c(C(=O)O)ccc(N)c1C(C)(C)C. The van der Waals surface area contributed by atoms with Crippen molar-refractivity contribution in [1.29, 1.82) is 0 Å². The zero-order chi connectivity index (χ0) is 12.5. The molecule has 0 aliphatic rings. The van der Waals surface area contributed by atoms with Gasteiger partial charge in [-0.05, 0) is 35.1 Å². The van der Waals surface area contributed by atoms with Crippen LogP contribution < -0.4 is 5.73 Å². The van der Waals surface area contributed by atoms with E-state index in [0.29, 0.717) is 17.7 Å². The van der Waals surface area contributed by atoms with Gasteiger partial charge in [0.15, 0.2) is 0 Å². The van der Waals surface area contributed by atoms with Crippen molar-refractivity contribution in [3.8, 4) is 0 Å². The van der Waals surface area contributed by atoms with Crippen molar-refractivity contribution in [3.63, 3.8) is 0 Å². The molecule has 0 heterocycles. The summed E-state index contributed by atoms with van der Waals surface area (Å²) in [6, 6.07) is 3.27. The first-order valence-corrected chi connectivity index (χ1v) is 5.44. The number of anilines is 1. The molecule has 0 aliphatic heterocycles. The smallest absolute Gasteiger partial charge is 0.335 e. The van der Waals surface area contributed by atoms with Crippen LogP contribution in [0.15, 0.2) is 12.1 Å². The van der Waals surface area contributed by atoms with E-state index in [4.69, 9.17) is 10.8 Å². The van der Waals surface area contributed by atoms with Crippen molar-refractivity contribution >= 4 is 11.7 Å². The highest BCUT2D eigenvalue weighted by Crippen LogP contribution is 2.33. The fourth-order valence-electron chi connectivity index (χ4n) is 2.12. The van der Waals surface area contributed by atoms with E-state index in [2.05, 4.69) is 0 Å². The summed E-state index contributed by atoms with van der Waals surface area (Å²) in [5, 5.41) is 9.14. The molecule has 0 aliphatic carbocycles. The van der Waals surface area contributed by atoms with E-state index in [0.717, 1.165) is 11.1 Å². The van der Waals surface area contributed by atoms with Gasteiger partial charge in [0.1, 0.15) is 0 Å². The molecule has 0 spiro atoms. The van der Waals surface area contributed by atoms with E-state index < -0.39 is 5.97 Å². The Kier molecular flexibility index (Phi) is 3.27. The fourth-order valence-corrected chi connectivity index (χ4v) is 2.12. The van der Waals surface area contributed by atoms with Crippen LogP contribution in [0.2, 0.25) is 0 Å². The van der Waals surface area contributed by atoms with Gasteiger partial charge in [0.25, 0.3) is 0 Å². The first-order chi connectivity index (χ1) is 7.29. The summed E-state index contributed by atoms with van der Waals surface area (Å²) < 4.78 is 0. The summed E-state index contributed by atoms with van der Waals surface area (Å²) in [5.41, 5.74) is 8.66. The molecule has 16 heavy (non-hydrogen) atoms. The molecule has 0 saturated heterocycles. The van der Waals surface area contributed by atoms with Crippen LogP contribution in [0, 0.1) is 0 Å². The highest BCUT2D eigenvalue weighted by atomic mass is 16.4. The van der Waals surface area contributed by atoms with Crippen molar-refractivity contribution in [2.24, 2.45) is 0 Å². The summed E-state index contributed by atoms with van der Waals surface area (Å²) in [6.45, 7) is 8.09. The zero-order valence-electron chi connectivity index (χ0n) is 10.3. The molecule has 0 radical (unpaired) electrons. The van der Waals surface area contributed by atoms with Crippen molar-refractivity contribution < 1.29 is 9.90 Å². The van der Waals surface area contributed by atoms with Crippen LogP contribution in [0.1, 0.15) is 49.2 Å². The Morgan fingerprint density at radius 1 is 1.38 bits per heavy atom. The fraction of sp³-hybridized carbons (Fsp3) is 0.462. The van der Waals surface area contributed by atoms with E-state index in [9.17, 15) is 4.79 Å². The molecule has 0 unspecified atom stereocenters. The molecule has 0 bridgehead atoms. The monoisotopic (exact) mass is 221 g/mol. The zero-order valence-corrected chi connectivity index (χ0v) is 10.3. The lowest BCUT2D eigenvalue weighted by molar-refractivity contribution is 0.0695. The lowest BCUT2D eigenvalue weighted by atomic mass is 9.80. The van der Waals surface area contributed by atoms with Gasteiger partial charge in [0.05, 0.1) is 5.56 Å². The Morgan fingerprint density at radius 2 is 1.94 bits per heavy atom. The molecular weight excluding hydrogens is 202 g/mol. The van der Waals surface area contributed by atoms with Crippen molar-refractivity contribution in [2.75, 3.05) is 5.73 Å². The Bertz CT molecular complexity index is 417. The van der Waals surface area contributed by atoms with Gasteiger partial charge in [-0.1, -0.05) is 27.7 Å². The summed E-state index contributed by atoms with van der Waals surface area (Å²) in [6.07, 6.45) is 0.680. The second-order valence-electron chi connectivity index (χ2n) is 4.96. The maximum absolute atomic E-state index is 11.1. The average Bonchev–Trinajstić information content (AvgIpc) is 2.14. The number of nitrogens with two attached hydrogens (primary N) is 1. The molecule has 1 aromatic rings. The van der Waals surface area contributed by atoms with Crippen LogP contribution in [-0.4, -0.2) is 11.1 Å². The molecule has 3 nitrogen and oxygen atoms in total. The third-order valence-electron chi connectivity index (χ3n) is 2.68. The van der Waals surface area contributed by atoms with Gasteiger partial charge in [0.2, 0.25) is 0 Å². The Labute approximate surface area is 96.3 Å². The third-order valence-corrected chi connectivity index (χ3v) is 2.68. The van der Waals surface area contributed by atoms with Gasteiger partial charge in [-0.25, -0.2) is 4.79 Å². The minimum absolute atomic E-state index is 0.138. The standard InChI is InChI=1S/C13H19NO2/c1-5-8-9(12(15)16)6-7-10(14)11(8)13(2,3)4/h6-7H,5,14H2,1-4H3,(H,15,16). The predicted molar refractivity (Wildman–Crippen MR) is 65.9 cm³/mol. The van der Waals surface area contributed by atoms with Crippen LogP contribution in [0.5, 0.6) is 0 Å². The molecule has 1 aromatic carbocycles. The molecule has 0 saturated carbocycles. The molecule has 1 rings (SSSR count). The Balaban J connectivity index is 3.57. The number of carboxylic acids is 1. The second kappa shape index (κ2) is 4.16. The highest BCUT2D eigenvalue weighted by Gasteiger charge is 2.24. The van der Waals surface area contributed by atoms with Crippen LogP contribution in [0.3, 0.4) is 0 Å². The minimum Gasteiger partial charge on any atom is -0.478 e. The number of hydrogen-bond donors (Lipinski definition) is 2. The number of hydrogen-bond acceptors (Lipinski definition) is 2. The lowest BCUT2D eigenvalue weighted by Gasteiger charge is -2.25. The maximum Gasteiger partial charge on any atom is 0.335 e. The number of benzene rings is 1. The quantitative estimate of drug-likeness (QED) is 0.755. The summed E-state index contributed by atoms with van der Waals surface area (Å²) >= 11 is 0. The number of nitrogen functional groups attached to an aromatic ring is 1. The molecule has 0 aromatic heterocycles. The molecule has 3 N–H and O–H groups in total. The molecule has 88 valence electrons. The van der Waals surface area contributed by atoms with Crippen LogP contribution in [-0.2, 0) is 11.8 Å². The van der Waals surface area contributed by atoms with Crippen LogP contribution >= 0.6 is 0 Å². The van der Waals surface area contributed by atoms with Crippen LogP contribution in [0.4, 0.5) is 5.69 Å². The molecule has 0 atom stereocenters. The normalized spacial score (nSPS) is 11.5. The van der Waals surface area contributed by atoms with E-state index in [1.165, 1.54) is 0 Å². The van der Waals surface area contributed by atoms with E-state index in [-0.39, 0.29) is 5.41 Å². The minimum atomic E-state index is -0.887. The van der Waals surface area contributed by atoms with Gasteiger partial charge in [-0.15, -0.1) is 0 Å². The Hall–Kier alpha value is -1.51. The molecular formula is C13H19NO2. The summed E-state index contributed by atoms with van der Waals surface area (Å²) in [4.78, 5) is 11.1. The summed E-state index contributed by atoms with van der Waals surface area (Å²) in [7, 11) is 0. The first kappa shape index (κ1) is 12.6. The molecule has 0 amide bonds. The second-order valence-corrected chi connectivity index (χ2v) is 4.96.